The minimum absolute atomic E-state index is 0.103. The van der Waals surface area contributed by atoms with Gasteiger partial charge in [-0.1, -0.05) is 6.92 Å². The molecule has 0 amide bonds. The first-order valence-corrected chi connectivity index (χ1v) is 4.27. The van der Waals surface area contributed by atoms with E-state index in [-0.39, 0.29) is 24.9 Å². The maximum absolute atomic E-state index is 11.3. The monoisotopic (exact) mass is 201 g/mol. The zero-order valence-corrected chi connectivity index (χ0v) is 8.65. The van der Waals surface area contributed by atoms with Gasteiger partial charge in [-0.05, 0) is 5.92 Å². The van der Waals surface area contributed by atoms with Crippen molar-refractivity contribution in [1.82, 2.24) is 0 Å². The SMILES string of the molecule is COOCC(C(=O)OC)[C@@H](C)CC#N. The Morgan fingerprint density at radius 3 is 2.57 bits per heavy atom. The summed E-state index contributed by atoms with van der Waals surface area (Å²) in [6.07, 6.45) is 0.285. The van der Waals surface area contributed by atoms with Crippen LogP contribution in [0.4, 0.5) is 0 Å². The van der Waals surface area contributed by atoms with E-state index in [0.29, 0.717) is 0 Å². The summed E-state index contributed by atoms with van der Waals surface area (Å²) >= 11 is 0. The van der Waals surface area contributed by atoms with E-state index in [1.54, 1.807) is 6.92 Å². The van der Waals surface area contributed by atoms with Gasteiger partial charge in [0.1, 0.15) is 0 Å². The van der Waals surface area contributed by atoms with E-state index in [1.807, 2.05) is 6.07 Å². The number of methoxy groups -OCH3 is 1. The maximum Gasteiger partial charge on any atom is 0.311 e. The van der Waals surface area contributed by atoms with Crippen molar-refractivity contribution >= 4 is 5.97 Å². The molecule has 0 N–H and O–H groups in total. The van der Waals surface area contributed by atoms with E-state index in [1.165, 1.54) is 14.2 Å². The lowest BCUT2D eigenvalue weighted by molar-refractivity contribution is -0.281. The second-order valence-corrected chi connectivity index (χ2v) is 2.92. The first kappa shape index (κ1) is 12.9. The predicted octanol–water partition coefficient (Wildman–Crippen LogP) is 0.903. The quantitative estimate of drug-likeness (QED) is 0.363. The molecule has 0 radical (unpaired) electrons. The Bertz CT molecular complexity index is 211. The molecule has 5 heteroatoms. The van der Waals surface area contributed by atoms with Crippen LogP contribution in [0.2, 0.25) is 0 Å². The number of hydrogen-bond donors (Lipinski definition) is 0. The molecule has 1 unspecified atom stereocenters. The molecule has 0 bridgehead atoms. The molecule has 0 saturated carbocycles. The fraction of sp³-hybridized carbons (Fsp3) is 0.778. The van der Waals surface area contributed by atoms with Crippen LogP contribution in [-0.4, -0.2) is 26.8 Å². The minimum atomic E-state index is -0.459. The van der Waals surface area contributed by atoms with Crippen molar-refractivity contribution in [2.45, 2.75) is 13.3 Å². The van der Waals surface area contributed by atoms with Gasteiger partial charge >= 0.3 is 5.97 Å². The van der Waals surface area contributed by atoms with Gasteiger partial charge in [0.05, 0.1) is 32.8 Å². The molecule has 0 aliphatic carbocycles. The predicted molar refractivity (Wildman–Crippen MR) is 47.9 cm³/mol. The van der Waals surface area contributed by atoms with Gasteiger partial charge in [0, 0.05) is 6.42 Å². The minimum Gasteiger partial charge on any atom is -0.469 e. The van der Waals surface area contributed by atoms with Crippen LogP contribution in [0.5, 0.6) is 0 Å². The molecule has 0 aliphatic heterocycles. The number of nitrogens with zero attached hydrogens (tertiary/aromatic N) is 1. The van der Waals surface area contributed by atoms with Gasteiger partial charge in [-0.15, -0.1) is 0 Å². The van der Waals surface area contributed by atoms with Gasteiger partial charge in [0.25, 0.3) is 0 Å². The summed E-state index contributed by atoms with van der Waals surface area (Å²) in [4.78, 5) is 20.3. The summed E-state index contributed by atoms with van der Waals surface area (Å²) < 4.78 is 4.59. The number of esters is 1. The van der Waals surface area contributed by atoms with E-state index >= 15 is 0 Å². The molecule has 0 aliphatic rings. The molecule has 0 fully saturated rings. The highest BCUT2D eigenvalue weighted by Gasteiger charge is 2.26. The Morgan fingerprint density at radius 1 is 1.50 bits per heavy atom. The molecule has 14 heavy (non-hydrogen) atoms. The maximum atomic E-state index is 11.3. The van der Waals surface area contributed by atoms with Crippen molar-refractivity contribution < 1.29 is 19.3 Å². The third-order valence-electron chi connectivity index (χ3n) is 1.97. The van der Waals surface area contributed by atoms with Crippen LogP contribution < -0.4 is 0 Å². The van der Waals surface area contributed by atoms with Crippen LogP contribution in [0.15, 0.2) is 0 Å². The second kappa shape index (κ2) is 7.30. The fourth-order valence-electron chi connectivity index (χ4n) is 1.04. The Morgan fingerprint density at radius 2 is 2.14 bits per heavy atom. The van der Waals surface area contributed by atoms with Crippen molar-refractivity contribution in [2.24, 2.45) is 11.8 Å². The lowest BCUT2D eigenvalue weighted by Gasteiger charge is -2.18. The van der Waals surface area contributed by atoms with Gasteiger partial charge in [-0.2, -0.15) is 5.26 Å². The summed E-state index contributed by atoms with van der Waals surface area (Å²) in [5.41, 5.74) is 0. The van der Waals surface area contributed by atoms with Crippen LogP contribution in [0.3, 0.4) is 0 Å². The van der Waals surface area contributed by atoms with Crippen LogP contribution >= 0.6 is 0 Å². The van der Waals surface area contributed by atoms with Gasteiger partial charge in [0.2, 0.25) is 0 Å². The fourth-order valence-corrected chi connectivity index (χ4v) is 1.04. The van der Waals surface area contributed by atoms with Gasteiger partial charge in [0.15, 0.2) is 0 Å². The van der Waals surface area contributed by atoms with Crippen molar-refractivity contribution in [1.29, 1.82) is 5.26 Å². The summed E-state index contributed by atoms with van der Waals surface area (Å²) in [6, 6.07) is 2.00. The van der Waals surface area contributed by atoms with E-state index in [4.69, 9.17) is 5.26 Å². The molecule has 0 rings (SSSR count). The molecule has 80 valence electrons. The third kappa shape index (κ3) is 4.21. The Kier molecular flexibility index (Phi) is 6.72. The number of carbonyl (C=O) groups is 1. The van der Waals surface area contributed by atoms with Crippen LogP contribution in [0, 0.1) is 23.2 Å². The van der Waals surface area contributed by atoms with Gasteiger partial charge in [-0.3, -0.25) is 4.79 Å². The summed E-state index contributed by atoms with van der Waals surface area (Å²) in [6.45, 7) is 1.90. The molecular weight excluding hydrogens is 186 g/mol. The molecule has 0 spiro atoms. The molecule has 0 aromatic rings. The number of rotatable bonds is 6. The lowest BCUT2D eigenvalue weighted by Crippen LogP contribution is -2.27. The summed E-state index contributed by atoms with van der Waals surface area (Å²) in [5, 5.41) is 8.49. The highest BCUT2D eigenvalue weighted by Crippen LogP contribution is 2.17. The number of carbonyl (C=O) groups excluding carboxylic acids is 1. The first-order chi connectivity index (χ1) is 6.67. The molecule has 0 saturated heterocycles. The Hall–Kier alpha value is -1.12. The summed E-state index contributed by atoms with van der Waals surface area (Å²) in [7, 11) is 2.67. The topological polar surface area (TPSA) is 68.6 Å². The van der Waals surface area contributed by atoms with E-state index in [2.05, 4.69) is 14.5 Å². The lowest BCUT2D eigenvalue weighted by atomic mass is 9.92. The van der Waals surface area contributed by atoms with Crippen molar-refractivity contribution in [3.8, 4) is 6.07 Å². The number of ether oxygens (including phenoxy) is 1. The highest BCUT2D eigenvalue weighted by atomic mass is 17.2. The van der Waals surface area contributed by atoms with Gasteiger partial charge in [-0.25, -0.2) is 9.78 Å². The molecule has 0 heterocycles. The Balaban J connectivity index is 4.23. The first-order valence-electron chi connectivity index (χ1n) is 4.27. The van der Waals surface area contributed by atoms with E-state index in [9.17, 15) is 4.79 Å². The highest BCUT2D eigenvalue weighted by molar-refractivity contribution is 5.72. The largest absolute Gasteiger partial charge is 0.469 e. The van der Waals surface area contributed by atoms with Crippen LogP contribution in [-0.2, 0) is 19.3 Å². The van der Waals surface area contributed by atoms with Gasteiger partial charge < -0.3 is 4.74 Å². The number of hydrogen-bond acceptors (Lipinski definition) is 5. The summed E-state index contributed by atoms with van der Waals surface area (Å²) in [5.74, 6) is -0.952. The van der Waals surface area contributed by atoms with Crippen LogP contribution in [0.1, 0.15) is 13.3 Å². The molecule has 2 atom stereocenters. The molecule has 0 aromatic heterocycles. The van der Waals surface area contributed by atoms with Crippen molar-refractivity contribution in [3.63, 3.8) is 0 Å². The molecular formula is C9H15NO4. The zero-order valence-electron chi connectivity index (χ0n) is 8.65. The van der Waals surface area contributed by atoms with Crippen molar-refractivity contribution in [2.75, 3.05) is 20.8 Å². The van der Waals surface area contributed by atoms with Crippen LogP contribution in [0.25, 0.3) is 0 Å². The van der Waals surface area contributed by atoms with E-state index < -0.39 is 5.92 Å². The standard InChI is InChI=1S/C9H15NO4/c1-7(4-5-10)8(6-14-13-3)9(11)12-2/h7-8H,4,6H2,1-3H3/t7-,8?/m0/s1. The molecule has 5 nitrogen and oxygen atoms in total. The average Bonchev–Trinajstić information content (AvgIpc) is 2.18. The smallest absolute Gasteiger partial charge is 0.311 e. The zero-order chi connectivity index (χ0) is 11.0. The number of nitriles is 1. The second-order valence-electron chi connectivity index (χ2n) is 2.92. The third-order valence-corrected chi connectivity index (χ3v) is 1.97. The van der Waals surface area contributed by atoms with Crippen molar-refractivity contribution in [3.05, 3.63) is 0 Å². The normalized spacial score (nSPS) is 14.1. The molecule has 0 aromatic carbocycles. The Labute approximate surface area is 83.5 Å². The average molecular weight is 201 g/mol. The van der Waals surface area contributed by atoms with E-state index in [0.717, 1.165) is 0 Å².